The average Bonchev–Trinajstić information content (AvgIpc) is 3.16. The van der Waals surface area contributed by atoms with Gasteiger partial charge < -0.3 is 24.4 Å². The van der Waals surface area contributed by atoms with Crippen molar-refractivity contribution in [3.63, 3.8) is 0 Å². The Morgan fingerprint density at radius 1 is 0.509 bits per heavy atom. The lowest BCUT2D eigenvalue weighted by Gasteiger charge is -2.47. The normalized spacial score (nSPS) is 40.6. The Bertz CT molecular complexity index is 1220. The number of carbonyl (C=O) groups excluding carboxylic acids is 1. The van der Waals surface area contributed by atoms with E-state index in [4.69, 9.17) is 24.0 Å². The molecule has 0 bridgehead atoms. The monoisotopic (exact) mass is 775 g/mol. The van der Waals surface area contributed by atoms with Gasteiger partial charge in [0.25, 0.3) is 0 Å². The summed E-state index contributed by atoms with van der Waals surface area (Å²) in [6, 6.07) is 0. The molecule has 0 saturated heterocycles. The molecule has 0 spiro atoms. The van der Waals surface area contributed by atoms with Gasteiger partial charge in [0, 0.05) is 0 Å². The maximum atomic E-state index is 13.0. The lowest BCUT2D eigenvalue weighted by atomic mass is 9.60. The summed E-state index contributed by atoms with van der Waals surface area (Å²) in [6.45, 7) is 9.69. The van der Waals surface area contributed by atoms with E-state index in [0.717, 1.165) is 115 Å². The fraction of sp³-hybridized carbons (Fsp3) is 0.933. The first-order chi connectivity index (χ1) is 26.3. The maximum absolute atomic E-state index is 13.0. The lowest BCUT2D eigenvalue weighted by Crippen LogP contribution is -2.41. The zero-order chi connectivity index (χ0) is 39.1. The molecule has 6 aliphatic rings. The maximum Gasteiger partial charge on any atom is 0.310 e. The molecule has 0 radical (unpaired) electrons. The van der Waals surface area contributed by atoms with Crippen LogP contribution in [0.25, 0.3) is 0 Å². The molecular weight excluding hydrogens is 700 g/mol. The predicted molar refractivity (Wildman–Crippen MR) is 208 cm³/mol. The van der Waals surface area contributed by atoms with E-state index < -0.39 is 23.8 Å². The number of carboxylic acids is 2. The lowest BCUT2D eigenvalue weighted by molar-refractivity contribution is -0.338. The second kappa shape index (κ2) is 19.8. The Hall–Kier alpha value is -1.75. The molecule has 314 valence electrons. The fourth-order valence-electron chi connectivity index (χ4n) is 11.7. The van der Waals surface area contributed by atoms with Crippen molar-refractivity contribution in [1.82, 2.24) is 0 Å². The highest BCUT2D eigenvalue weighted by molar-refractivity contribution is 5.81. The third-order valence-corrected chi connectivity index (χ3v) is 15.5. The molecule has 0 aliphatic heterocycles. The predicted octanol–water partition coefficient (Wildman–Crippen LogP) is 9.55. The number of ether oxygens (including phenoxy) is 3. The summed E-state index contributed by atoms with van der Waals surface area (Å²) >= 11 is 0. The van der Waals surface area contributed by atoms with Gasteiger partial charge in [-0.2, -0.15) is 0 Å². The van der Waals surface area contributed by atoms with E-state index in [1.165, 1.54) is 25.7 Å². The second-order valence-corrected chi connectivity index (χ2v) is 19.7. The number of hydrogen-bond acceptors (Lipinski definition) is 8. The molecule has 6 rings (SSSR count). The molecule has 6 unspecified atom stereocenters. The van der Waals surface area contributed by atoms with Crippen molar-refractivity contribution in [2.75, 3.05) is 6.61 Å². The van der Waals surface area contributed by atoms with Gasteiger partial charge in [0.1, 0.15) is 6.10 Å². The van der Waals surface area contributed by atoms with Gasteiger partial charge >= 0.3 is 17.9 Å². The van der Waals surface area contributed by atoms with Crippen molar-refractivity contribution in [3.8, 4) is 0 Å². The first-order valence-electron chi connectivity index (χ1n) is 22.6. The highest BCUT2D eigenvalue weighted by Gasteiger charge is 2.43. The van der Waals surface area contributed by atoms with Gasteiger partial charge in [-0.15, -0.1) is 0 Å². The summed E-state index contributed by atoms with van der Waals surface area (Å²) in [5.41, 5.74) is 0.309. The molecule has 6 fully saturated rings. The van der Waals surface area contributed by atoms with E-state index in [0.29, 0.717) is 55.0 Å². The highest BCUT2D eigenvalue weighted by Crippen LogP contribution is 2.49. The Morgan fingerprint density at radius 2 is 0.927 bits per heavy atom. The number of aliphatic carboxylic acids is 2. The molecule has 55 heavy (non-hydrogen) atoms. The van der Waals surface area contributed by atoms with Gasteiger partial charge in [-0.05, 0) is 176 Å². The minimum Gasteiger partial charge on any atom is -0.481 e. The van der Waals surface area contributed by atoms with Gasteiger partial charge in [0.05, 0.1) is 54.9 Å². The van der Waals surface area contributed by atoms with E-state index >= 15 is 0 Å². The summed E-state index contributed by atoms with van der Waals surface area (Å²) in [5, 5.41) is 19.3. The molecular formula is C45H74O10. The van der Waals surface area contributed by atoms with Crippen LogP contribution in [0.15, 0.2) is 0 Å². The third-order valence-electron chi connectivity index (χ3n) is 15.5. The van der Waals surface area contributed by atoms with E-state index in [1.807, 2.05) is 0 Å². The van der Waals surface area contributed by atoms with E-state index in [9.17, 15) is 24.6 Å². The Kier molecular flexibility index (Phi) is 15.4. The number of carboxylic acid groups (broad SMARTS) is 2. The first-order valence-corrected chi connectivity index (χ1v) is 22.6. The minimum atomic E-state index is -0.869. The smallest absolute Gasteiger partial charge is 0.310 e. The van der Waals surface area contributed by atoms with Gasteiger partial charge in [-0.3, -0.25) is 14.4 Å². The van der Waals surface area contributed by atoms with Crippen molar-refractivity contribution in [2.45, 2.75) is 206 Å². The van der Waals surface area contributed by atoms with Gasteiger partial charge in [-0.25, -0.2) is 9.78 Å². The molecule has 6 atom stereocenters. The minimum absolute atomic E-state index is 0.0303. The van der Waals surface area contributed by atoms with E-state index in [2.05, 4.69) is 27.7 Å². The van der Waals surface area contributed by atoms with Crippen molar-refractivity contribution in [2.24, 2.45) is 52.8 Å². The van der Waals surface area contributed by atoms with Crippen LogP contribution in [0, 0.1) is 52.8 Å². The summed E-state index contributed by atoms with van der Waals surface area (Å²) in [7, 11) is 0. The third kappa shape index (κ3) is 11.7. The van der Waals surface area contributed by atoms with Crippen LogP contribution in [0.4, 0.5) is 0 Å². The molecule has 6 saturated carbocycles. The topological polar surface area (TPSA) is 138 Å². The van der Waals surface area contributed by atoms with Crippen LogP contribution < -0.4 is 0 Å². The Morgan fingerprint density at radius 3 is 1.42 bits per heavy atom. The van der Waals surface area contributed by atoms with Crippen LogP contribution in [0.1, 0.15) is 169 Å². The Balaban J connectivity index is 0.828. The van der Waals surface area contributed by atoms with Crippen LogP contribution in [0.3, 0.4) is 0 Å². The fourth-order valence-corrected chi connectivity index (χ4v) is 11.7. The first kappa shape index (κ1) is 42.8. The molecule has 0 aromatic rings. The zero-order valence-corrected chi connectivity index (χ0v) is 34.5. The quantitative estimate of drug-likeness (QED) is 0.0997. The van der Waals surface area contributed by atoms with Crippen molar-refractivity contribution in [1.29, 1.82) is 0 Å². The number of carbonyl (C=O) groups is 3. The molecule has 0 amide bonds. The summed E-state index contributed by atoms with van der Waals surface area (Å²) in [5.74, 6) is -0.956. The SMILES string of the molecule is CC1CCC(C(=O)O)C(COOC2CCC(OC3CCC(C(C)(C)C4CCC(OC5CCC(OC(=O)C6CC(C)CCC6C(=O)O)CC5)CC4)CC3)CC2)C1. The van der Waals surface area contributed by atoms with Gasteiger partial charge in [-0.1, -0.05) is 27.7 Å². The molecule has 0 aromatic heterocycles. The Labute approximate surface area is 330 Å². The van der Waals surface area contributed by atoms with Crippen molar-refractivity contribution in [3.05, 3.63) is 0 Å². The number of esters is 1. The highest BCUT2D eigenvalue weighted by atomic mass is 17.2. The number of rotatable bonds is 14. The standard InChI is InChI=1S/C45H74O10/c1-28-5-23-39(42(46)47)30(25-28)27-51-55-38-21-19-36(20-22-38)53-34-13-9-32(10-14-34)45(3,4)31-7-11-33(12-8-31)52-35-15-17-37(18-16-35)54-44(50)41-26-29(2)6-24-40(41)43(48)49/h28-41H,5-27H2,1-4H3,(H,46,47)(H,48,49). The van der Waals surface area contributed by atoms with E-state index in [1.54, 1.807) is 0 Å². The molecule has 2 N–H and O–H groups in total. The van der Waals surface area contributed by atoms with Crippen LogP contribution in [0.5, 0.6) is 0 Å². The summed E-state index contributed by atoms with van der Waals surface area (Å²) in [6.07, 6.45) is 22.5. The van der Waals surface area contributed by atoms with Crippen LogP contribution in [-0.2, 0) is 38.4 Å². The van der Waals surface area contributed by atoms with Gasteiger partial charge in [0.2, 0.25) is 0 Å². The molecule has 0 aromatic carbocycles. The van der Waals surface area contributed by atoms with Crippen molar-refractivity contribution >= 4 is 17.9 Å². The summed E-state index contributed by atoms with van der Waals surface area (Å²) < 4.78 is 19.2. The molecule has 0 heterocycles. The van der Waals surface area contributed by atoms with Crippen molar-refractivity contribution < 1.29 is 48.6 Å². The average molecular weight is 775 g/mol. The molecule has 6 aliphatic carbocycles. The van der Waals surface area contributed by atoms with Crippen LogP contribution >= 0.6 is 0 Å². The largest absolute Gasteiger partial charge is 0.481 e. The summed E-state index contributed by atoms with van der Waals surface area (Å²) in [4.78, 5) is 47.9. The van der Waals surface area contributed by atoms with Gasteiger partial charge in [0.15, 0.2) is 0 Å². The molecule has 10 heteroatoms. The second-order valence-electron chi connectivity index (χ2n) is 19.7. The zero-order valence-electron chi connectivity index (χ0n) is 34.5. The van der Waals surface area contributed by atoms with Crippen LogP contribution in [0.2, 0.25) is 0 Å². The molecule has 10 nitrogen and oxygen atoms in total. The van der Waals surface area contributed by atoms with E-state index in [-0.39, 0.29) is 36.1 Å². The number of hydrogen-bond donors (Lipinski definition) is 2. The van der Waals surface area contributed by atoms with Crippen LogP contribution in [-0.4, -0.2) is 71.4 Å².